The molecule has 1 amide bonds. The number of halogens is 1. The molecule has 3 unspecified atom stereocenters. The van der Waals surface area contributed by atoms with Gasteiger partial charge in [-0.3, -0.25) is 4.79 Å². The standard InChI is InChI=1S/C20H34ClNO2S/c1-15-8-10-16(11-9-15)24-14-20(23)22(13-17-5-4-12-25-17)19-7-3-2-6-18(19)21/h15-19H,2-14H2,1H3. The largest absolute Gasteiger partial charge is 0.368 e. The van der Waals surface area contributed by atoms with Gasteiger partial charge in [-0.05, 0) is 63.0 Å². The van der Waals surface area contributed by atoms with Gasteiger partial charge < -0.3 is 9.64 Å². The molecule has 0 spiro atoms. The maximum atomic E-state index is 13.0. The Bertz CT molecular complexity index is 422. The second-order valence-corrected chi connectivity index (χ2v) is 10.2. The molecule has 5 heteroatoms. The number of rotatable bonds is 6. The Morgan fingerprint density at radius 3 is 2.52 bits per heavy atom. The van der Waals surface area contributed by atoms with Crippen LogP contribution in [0.25, 0.3) is 0 Å². The molecule has 3 rings (SSSR count). The number of amides is 1. The van der Waals surface area contributed by atoms with E-state index in [1.807, 2.05) is 11.8 Å². The third-order valence-corrected chi connectivity index (χ3v) is 8.09. The number of carbonyl (C=O) groups excluding carboxylic acids is 1. The molecule has 1 aliphatic heterocycles. The minimum Gasteiger partial charge on any atom is -0.368 e. The van der Waals surface area contributed by atoms with Crippen molar-refractivity contribution in [2.45, 2.75) is 93.9 Å². The molecule has 3 fully saturated rings. The summed E-state index contributed by atoms with van der Waals surface area (Å²) in [6.07, 6.45) is 11.9. The van der Waals surface area contributed by atoms with E-state index < -0.39 is 0 Å². The van der Waals surface area contributed by atoms with Crippen molar-refractivity contribution >= 4 is 29.3 Å². The minimum absolute atomic E-state index is 0.111. The van der Waals surface area contributed by atoms with Gasteiger partial charge in [-0.1, -0.05) is 19.8 Å². The lowest BCUT2D eigenvalue weighted by molar-refractivity contribution is -0.142. The zero-order valence-electron chi connectivity index (χ0n) is 15.6. The number of hydrogen-bond donors (Lipinski definition) is 0. The van der Waals surface area contributed by atoms with Gasteiger partial charge in [-0.2, -0.15) is 11.8 Å². The zero-order valence-corrected chi connectivity index (χ0v) is 17.2. The van der Waals surface area contributed by atoms with Gasteiger partial charge in [0.2, 0.25) is 5.91 Å². The third-order valence-electron chi connectivity index (χ3n) is 6.20. The molecule has 1 heterocycles. The number of carbonyl (C=O) groups is 1. The molecule has 0 bridgehead atoms. The molecule has 0 radical (unpaired) electrons. The van der Waals surface area contributed by atoms with Crippen LogP contribution >= 0.6 is 23.4 Å². The van der Waals surface area contributed by atoms with Crippen molar-refractivity contribution in [3.63, 3.8) is 0 Å². The van der Waals surface area contributed by atoms with Gasteiger partial charge in [0.15, 0.2) is 0 Å². The fraction of sp³-hybridized carbons (Fsp3) is 0.950. The molecule has 2 aliphatic carbocycles. The molecular weight excluding hydrogens is 354 g/mol. The average molecular weight is 388 g/mol. The van der Waals surface area contributed by atoms with Crippen molar-refractivity contribution in [2.75, 3.05) is 18.9 Å². The lowest BCUT2D eigenvalue weighted by atomic mass is 9.89. The molecule has 25 heavy (non-hydrogen) atoms. The van der Waals surface area contributed by atoms with E-state index in [1.54, 1.807) is 0 Å². The van der Waals surface area contributed by atoms with Gasteiger partial charge >= 0.3 is 0 Å². The molecule has 0 aromatic heterocycles. The maximum absolute atomic E-state index is 13.0. The van der Waals surface area contributed by atoms with E-state index in [0.29, 0.717) is 5.25 Å². The van der Waals surface area contributed by atoms with Crippen LogP contribution in [0.2, 0.25) is 0 Å². The van der Waals surface area contributed by atoms with Crippen LogP contribution in [0.5, 0.6) is 0 Å². The predicted octanol–water partition coefficient (Wildman–Crippen LogP) is 4.86. The third kappa shape index (κ3) is 5.77. The molecule has 144 valence electrons. The topological polar surface area (TPSA) is 29.5 Å². The van der Waals surface area contributed by atoms with Gasteiger partial charge in [0.1, 0.15) is 6.61 Å². The van der Waals surface area contributed by atoms with E-state index in [0.717, 1.165) is 38.1 Å². The van der Waals surface area contributed by atoms with Crippen LogP contribution in [0, 0.1) is 5.92 Å². The van der Waals surface area contributed by atoms with Crippen LogP contribution < -0.4 is 0 Å². The summed E-state index contributed by atoms with van der Waals surface area (Å²) in [6.45, 7) is 3.42. The average Bonchev–Trinajstić information content (AvgIpc) is 3.13. The van der Waals surface area contributed by atoms with E-state index >= 15 is 0 Å². The number of thioether (sulfide) groups is 1. The van der Waals surface area contributed by atoms with Crippen molar-refractivity contribution in [3.05, 3.63) is 0 Å². The number of alkyl halides is 1. The molecule has 0 N–H and O–H groups in total. The zero-order chi connectivity index (χ0) is 17.6. The Morgan fingerprint density at radius 2 is 1.84 bits per heavy atom. The number of nitrogens with zero attached hydrogens (tertiary/aromatic N) is 1. The van der Waals surface area contributed by atoms with Crippen LogP contribution in [0.15, 0.2) is 0 Å². The van der Waals surface area contributed by atoms with Crippen LogP contribution in [-0.4, -0.2) is 52.5 Å². The normalized spacial score (nSPS) is 36.3. The summed E-state index contributed by atoms with van der Waals surface area (Å²) >= 11 is 8.65. The Morgan fingerprint density at radius 1 is 1.08 bits per heavy atom. The first-order valence-corrected chi connectivity index (χ1v) is 11.8. The monoisotopic (exact) mass is 387 g/mol. The molecular formula is C20H34ClNO2S. The Hall–Kier alpha value is 0.0700. The highest BCUT2D eigenvalue weighted by molar-refractivity contribution is 8.00. The predicted molar refractivity (Wildman–Crippen MR) is 106 cm³/mol. The van der Waals surface area contributed by atoms with Crippen LogP contribution in [0.3, 0.4) is 0 Å². The summed E-state index contributed by atoms with van der Waals surface area (Å²) in [5.74, 6) is 2.22. The summed E-state index contributed by atoms with van der Waals surface area (Å²) in [5.41, 5.74) is 0. The van der Waals surface area contributed by atoms with E-state index in [-0.39, 0.29) is 30.0 Å². The van der Waals surface area contributed by atoms with Crippen molar-refractivity contribution in [1.29, 1.82) is 0 Å². The lowest BCUT2D eigenvalue weighted by Crippen LogP contribution is -2.50. The molecule has 0 aromatic rings. The highest BCUT2D eigenvalue weighted by Gasteiger charge is 2.34. The Balaban J connectivity index is 1.55. The van der Waals surface area contributed by atoms with Gasteiger partial charge in [-0.25, -0.2) is 0 Å². The molecule has 3 atom stereocenters. The van der Waals surface area contributed by atoms with Crippen LogP contribution in [-0.2, 0) is 9.53 Å². The summed E-state index contributed by atoms with van der Waals surface area (Å²) < 4.78 is 6.02. The fourth-order valence-corrected chi connectivity index (χ4v) is 6.20. The molecule has 0 aromatic carbocycles. The van der Waals surface area contributed by atoms with Gasteiger partial charge in [0.05, 0.1) is 11.5 Å². The van der Waals surface area contributed by atoms with Crippen LogP contribution in [0.4, 0.5) is 0 Å². The second kappa shape index (κ2) is 9.85. The van der Waals surface area contributed by atoms with E-state index in [2.05, 4.69) is 11.8 Å². The highest BCUT2D eigenvalue weighted by Crippen LogP contribution is 2.32. The fourth-order valence-electron chi connectivity index (χ4n) is 4.52. The first-order valence-electron chi connectivity index (χ1n) is 10.3. The maximum Gasteiger partial charge on any atom is 0.248 e. The first-order chi connectivity index (χ1) is 12.1. The summed E-state index contributed by atoms with van der Waals surface area (Å²) in [6, 6.07) is 0.207. The van der Waals surface area contributed by atoms with Crippen molar-refractivity contribution < 1.29 is 9.53 Å². The number of ether oxygens (including phenoxy) is 1. The van der Waals surface area contributed by atoms with Gasteiger partial charge in [0, 0.05) is 17.8 Å². The van der Waals surface area contributed by atoms with Crippen molar-refractivity contribution in [3.8, 4) is 0 Å². The smallest absolute Gasteiger partial charge is 0.248 e. The highest BCUT2D eigenvalue weighted by atomic mass is 35.5. The SMILES string of the molecule is CC1CCC(OCC(=O)N(CC2CCCS2)C2CCCCC2Cl)CC1. The second-order valence-electron chi connectivity index (χ2n) is 8.24. The Kier molecular flexibility index (Phi) is 7.81. The summed E-state index contributed by atoms with van der Waals surface area (Å²) in [7, 11) is 0. The summed E-state index contributed by atoms with van der Waals surface area (Å²) in [4.78, 5) is 15.1. The quantitative estimate of drug-likeness (QED) is 0.609. The molecule has 3 nitrogen and oxygen atoms in total. The van der Waals surface area contributed by atoms with Crippen molar-refractivity contribution in [2.24, 2.45) is 5.92 Å². The number of hydrogen-bond acceptors (Lipinski definition) is 3. The lowest BCUT2D eigenvalue weighted by Gasteiger charge is -2.39. The summed E-state index contributed by atoms with van der Waals surface area (Å²) in [5, 5.41) is 0.699. The van der Waals surface area contributed by atoms with E-state index in [9.17, 15) is 4.79 Å². The first kappa shape index (κ1) is 19.8. The molecule has 1 saturated heterocycles. The minimum atomic E-state index is 0.111. The van der Waals surface area contributed by atoms with Crippen molar-refractivity contribution in [1.82, 2.24) is 4.90 Å². The van der Waals surface area contributed by atoms with E-state index in [4.69, 9.17) is 16.3 Å². The Labute approximate surface area is 162 Å². The molecule has 2 saturated carbocycles. The van der Waals surface area contributed by atoms with Gasteiger partial charge in [0.25, 0.3) is 0 Å². The van der Waals surface area contributed by atoms with Crippen LogP contribution in [0.1, 0.15) is 71.1 Å². The van der Waals surface area contributed by atoms with Gasteiger partial charge in [-0.15, -0.1) is 11.6 Å². The van der Waals surface area contributed by atoms with E-state index in [1.165, 1.54) is 44.3 Å². The molecule has 3 aliphatic rings.